The Balaban J connectivity index is 1.18. The van der Waals surface area contributed by atoms with Gasteiger partial charge in [0.05, 0.1) is 0 Å². The van der Waals surface area contributed by atoms with E-state index in [9.17, 15) is 0 Å². The first-order valence-corrected chi connectivity index (χ1v) is 18.4. The van der Waals surface area contributed by atoms with E-state index in [1.807, 2.05) is 0 Å². The van der Waals surface area contributed by atoms with Crippen molar-refractivity contribution in [1.82, 2.24) is 0 Å². The standard InChI is InChI=1S/C48H43NO/c1-46(2,3)30-16-20-38-39-23-19-33(29-45(39)50-44(38)26-30)49(31-17-21-36-34-12-6-8-14-40(34)47(4,5)42(36)27-31)32-18-22-37-35-13-7-9-15-41(35)48(43(37)28-32)24-10-11-25-48/h6-9,12-23,26-29H,10-11,24-25H2,1-5H3. The van der Waals surface area contributed by atoms with Gasteiger partial charge in [-0.2, -0.15) is 0 Å². The number of rotatable bonds is 3. The molecule has 7 aromatic rings. The number of anilines is 3. The molecule has 1 fully saturated rings. The fourth-order valence-corrected chi connectivity index (χ4v) is 9.75. The number of benzene rings is 6. The molecule has 0 aliphatic heterocycles. The van der Waals surface area contributed by atoms with Gasteiger partial charge in [0.25, 0.3) is 0 Å². The molecule has 6 aromatic carbocycles. The molecule has 0 N–H and O–H groups in total. The summed E-state index contributed by atoms with van der Waals surface area (Å²) < 4.78 is 6.67. The van der Waals surface area contributed by atoms with E-state index in [0.29, 0.717) is 0 Å². The molecule has 3 aliphatic carbocycles. The third kappa shape index (κ3) is 4.08. The van der Waals surface area contributed by atoms with Gasteiger partial charge in [-0.1, -0.05) is 120 Å². The highest BCUT2D eigenvalue weighted by Crippen LogP contribution is 2.58. The Kier molecular flexibility index (Phi) is 6.10. The fourth-order valence-electron chi connectivity index (χ4n) is 9.75. The lowest BCUT2D eigenvalue weighted by atomic mass is 9.76. The first-order valence-electron chi connectivity index (χ1n) is 18.4. The van der Waals surface area contributed by atoms with Crippen molar-refractivity contribution >= 4 is 39.0 Å². The molecule has 2 heteroatoms. The smallest absolute Gasteiger partial charge is 0.137 e. The molecule has 3 aliphatic rings. The van der Waals surface area contributed by atoms with Crippen LogP contribution in [0.1, 0.15) is 88.1 Å². The second-order valence-corrected chi connectivity index (χ2v) is 16.5. The maximum Gasteiger partial charge on any atom is 0.137 e. The van der Waals surface area contributed by atoms with Gasteiger partial charge >= 0.3 is 0 Å². The van der Waals surface area contributed by atoms with Crippen molar-refractivity contribution in [2.24, 2.45) is 0 Å². The lowest BCUT2D eigenvalue weighted by Gasteiger charge is -2.31. The van der Waals surface area contributed by atoms with Crippen LogP contribution in [0.3, 0.4) is 0 Å². The second kappa shape index (κ2) is 10.2. The van der Waals surface area contributed by atoms with Crippen molar-refractivity contribution in [1.29, 1.82) is 0 Å². The Morgan fingerprint density at radius 2 is 1.04 bits per heavy atom. The molecule has 246 valence electrons. The topological polar surface area (TPSA) is 16.4 Å². The summed E-state index contributed by atoms with van der Waals surface area (Å²) in [6.45, 7) is 11.5. The Bertz CT molecular complexity index is 2520. The summed E-state index contributed by atoms with van der Waals surface area (Å²) in [4.78, 5) is 2.47. The van der Waals surface area contributed by atoms with E-state index in [-0.39, 0.29) is 16.2 Å². The first-order chi connectivity index (χ1) is 24.1. The summed E-state index contributed by atoms with van der Waals surface area (Å²) in [6, 6.07) is 46.0. The maximum absolute atomic E-state index is 6.67. The van der Waals surface area contributed by atoms with E-state index in [4.69, 9.17) is 4.42 Å². The molecular weight excluding hydrogens is 607 g/mol. The van der Waals surface area contributed by atoms with Crippen molar-refractivity contribution in [3.05, 3.63) is 149 Å². The van der Waals surface area contributed by atoms with Gasteiger partial charge in [0, 0.05) is 44.7 Å². The van der Waals surface area contributed by atoms with E-state index in [0.717, 1.165) is 22.2 Å². The van der Waals surface area contributed by atoms with Crippen LogP contribution in [0, 0.1) is 0 Å². The number of fused-ring (bicyclic) bond motifs is 11. The monoisotopic (exact) mass is 649 g/mol. The Morgan fingerprint density at radius 1 is 0.520 bits per heavy atom. The summed E-state index contributed by atoms with van der Waals surface area (Å²) in [5, 5.41) is 2.32. The minimum atomic E-state index is -0.0887. The second-order valence-electron chi connectivity index (χ2n) is 16.5. The van der Waals surface area contributed by atoms with Gasteiger partial charge in [0.1, 0.15) is 11.2 Å². The number of hydrogen-bond acceptors (Lipinski definition) is 2. The van der Waals surface area contributed by atoms with E-state index in [1.54, 1.807) is 0 Å². The van der Waals surface area contributed by atoms with Crippen LogP contribution in [-0.4, -0.2) is 0 Å². The highest BCUT2D eigenvalue weighted by Gasteiger charge is 2.45. The van der Waals surface area contributed by atoms with Crippen molar-refractivity contribution in [3.63, 3.8) is 0 Å². The Morgan fingerprint density at radius 3 is 1.74 bits per heavy atom. The summed E-state index contributed by atoms with van der Waals surface area (Å²) in [6.07, 6.45) is 4.99. The molecule has 0 saturated heterocycles. The number of hydrogen-bond donors (Lipinski definition) is 0. The number of nitrogens with zero attached hydrogens (tertiary/aromatic N) is 1. The van der Waals surface area contributed by atoms with E-state index < -0.39 is 0 Å². The zero-order chi connectivity index (χ0) is 34.0. The minimum Gasteiger partial charge on any atom is -0.456 e. The van der Waals surface area contributed by atoms with Crippen LogP contribution in [0.25, 0.3) is 44.2 Å². The molecule has 0 bridgehead atoms. The third-order valence-electron chi connectivity index (χ3n) is 12.4. The predicted octanol–water partition coefficient (Wildman–Crippen LogP) is 13.5. The van der Waals surface area contributed by atoms with Crippen molar-refractivity contribution in [3.8, 4) is 22.3 Å². The van der Waals surface area contributed by atoms with Gasteiger partial charge in [-0.25, -0.2) is 0 Å². The molecule has 0 atom stereocenters. The van der Waals surface area contributed by atoms with Gasteiger partial charge < -0.3 is 9.32 Å². The van der Waals surface area contributed by atoms with Crippen molar-refractivity contribution < 1.29 is 4.42 Å². The van der Waals surface area contributed by atoms with E-state index in [2.05, 4.69) is 161 Å². The zero-order valence-electron chi connectivity index (χ0n) is 29.7. The van der Waals surface area contributed by atoms with Crippen LogP contribution in [0.5, 0.6) is 0 Å². The molecule has 1 heterocycles. The molecule has 1 aromatic heterocycles. The summed E-state index contributed by atoms with van der Waals surface area (Å²) in [5.74, 6) is 0. The molecule has 50 heavy (non-hydrogen) atoms. The molecule has 0 amide bonds. The first kappa shape index (κ1) is 29.8. The van der Waals surface area contributed by atoms with Crippen LogP contribution in [0.15, 0.2) is 126 Å². The Hall–Kier alpha value is -5.08. The third-order valence-corrected chi connectivity index (χ3v) is 12.4. The molecule has 0 unspecified atom stereocenters. The van der Waals surface area contributed by atoms with Crippen LogP contribution >= 0.6 is 0 Å². The van der Waals surface area contributed by atoms with Crippen LogP contribution in [0.2, 0.25) is 0 Å². The van der Waals surface area contributed by atoms with Crippen LogP contribution in [-0.2, 0) is 16.2 Å². The molecule has 2 nitrogen and oxygen atoms in total. The highest BCUT2D eigenvalue weighted by molar-refractivity contribution is 6.06. The van der Waals surface area contributed by atoms with Crippen LogP contribution in [0.4, 0.5) is 17.1 Å². The molecule has 1 spiro atoms. The minimum absolute atomic E-state index is 0.0556. The van der Waals surface area contributed by atoms with Gasteiger partial charge in [0.2, 0.25) is 0 Å². The summed E-state index contributed by atoms with van der Waals surface area (Å²) in [7, 11) is 0. The van der Waals surface area contributed by atoms with Crippen molar-refractivity contribution in [2.75, 3.05) is 4.90 Å². The summed E-state index contributed by atoms with van der Waals surface area (Å²) >= 11 is 0. The molecule has 10 rings (SSSR count). The molecule has 0 radical (unpaired) electrons. The van der Waals surface area contributed by atoms with Crippen molar-refractivity contribution in [2.45, 2.75) is 76.5 Å². The maximum atomic E-state index is 6.67. The van der Waals surface area contributed by atoms with E-state index >= 15 is 0 Å². The van der Waals surface area contributed by atoms with Gasteiger partial charge in [-0.15, -0.1) is 0 Å². The zero-order valence-corrected chi connectivity index (χ0v) is 29.7. The highest BCUT2D eigenvalue weighted by atomic mass is 16.3. The summed E-state index contributed by atoms with van der Waals surface area (Å²) in [5.41, 5.74) is 18.0. The van der Waals surface area contributed by atoms with Gasteiger partial charge in [0.15, 0.2) is 0 Å². The lowest BCUT2D eigenvalue weighted by molar-refractivity contribution is 0.550. The average molecular weight is 650 g/mol. The Labute approximate surface area is 295 Å². The van der Waals surface area contributed by atoms with E-state index in [1.165, 1.54) is 92.5 Å². The number of furan rings is 1. The molecular formula is C48H43NO. The van der Waals surface area contributed by atoms with Crippen LogP contribution < -0.4 is 4.90 Å². The molecule has 1 saturated carbocycles. The normalized spacial score (nSPS) is 16.5. The van der Waals surface area contributed by atoms with Gasteiger partial charge in [-0.05, 0) is 111 Å². The predicted molar refractivity (Wildman–Crippen MR) is 209 cm³/mol. The average Bonchev–Trinajstić information content (AvgIpc) is 3.87. The van der Waals surface area contributed by atoms with Gasteiger partial charge in [-0.3, -0.25) is 0 Å². The quantitative estimate of drug-likeness (QED) is 0.189. The fraction of sp³-hybridized carbons (Fsp3) is 0.250. The largest absolute Gasteiger partial charge is 0.456 e. The lowest BCUT2D eigenvalue weighted by Crippen LogP contribution is -2.21. The SMILES string of the molecule is CC(C)(C)c1ccc2c(c1)oc1cc(N(c3ccc4c(c3)C(C)(C)c3ccccc3-4)c3ccc4c(c3)C3(CCCC3)c3ccccc3-4)ccc12.